The Labute approximate surface area is 184 Å². The van der Waals surface area contributed by atoms with E-state index in [2.05, 4.69) is 40.0 Å². The molecule has 1 saturated heterocycles. The van der Waals surface area contributed by atoms with Gasteiger partial charge in [-0.25, -0.2) is 18.8 Å². The quantitative estimate of drug-likeness (QED) is 0.597. The Morgan fingerprint density at radius 2 is 2.13 bits per heavy atom. The summed E-state index contributed by atoms with van der Waals surface area (Å²) < 4.78 is 33.3. The molecule has 1 aromatic heterocycles. The van der Waals surface area contributed by atoms with Gasteiger partial charge in [-0.15, -0.1) is 0 Å². The number of methoxy groups -OCH3 is 1. The Hall–Kier alpha value is -2.58. The van der Waals surface area contributed by atoms with E-state index in [1.165, 1.54) is 6.07 Å². The minimum absolute atomic E-state index is 0.0449. The summed E-state index contributed by atoms with van der Waals surface area (Å²) in [6, 6.07) is 10.6. The van der Waals surface area contributed by atoms with E-state index in [4.69, 9.17) is 4.74 Å². The Morgan fingerprint density at radius 1 is 1.29 bits per heavy atom. The van der Waals surface area contributed by atoms with Gasteiger partial charge in [-0.2, -0.15) is 0 Å². The molecule has 3 heterocycles. The molecule has 31 heavy (non-hydrogen) atoms. The van der Waals surface area contributed by atoms with Crippen LogP contribution in [0.4, 0.5) is 8.78 Å². The predicted octanol–water partition coefficient (Wildman–Crippen LogP) is 5.27. The number of ether oxygens (including phenoxy) is 1. The number of fused-ring (bicyclic) bond motifs is 1. The molecule has 2 aromatic carbocycles. The lowest BCUT2D eigenvalue weighted by molar-refractivity contribution is -0.0558. The van der Waals surface area contributed by atoms with Gasteiger partial charge in [0, 0.05) is 11.4 Å². The van der Waals surface area contributed by atoms with Crippen molar-refractivity contribution in [3.63, 3.8) is 0 Å². The third kappa shape index (κ3) is 3.29. The number of nitrogens with one attached hydrogen (secondary N) is 1. The molecule has 1 fully saturated rings. The van der Waals surface area contributed by atoms with Crippen molar-refractivity contribution >= 4 is 27.7 Å². The average Bonchev–Trinajstić information content (AvgIpc) is 3.48. The topological polar surface area (TPSA) is 44.4 Å². The molecule has 3 aromatic rings. The first-order valence-corrected chi connectivity index (χ1v) is 11.1. The van der Waals surface area contributed by atoms with Gasteiger partial charge in [-0.05, 0) is 56.5 Å². The van der Waals surface area contributed by atoms with Crippen molar-refractivity contribution in [2.45, 2.75) is 37.6 Å². The van der Waals surface area contributed by atoms with Gasteiger partial charge in [-0.3, -0.25) is 5.01 Å². The van der Waals surface area contributed by atoms with Gasteiger partial charge >= 0.3 is 0 Å². The molecule has 0 bridgehead atoms. The average molecular weight is 442 g/mol. The van der Waals surface area contributed by atoms with Crippen molar-refractivity contribution in [2.24, 2.45) is 0 Å². The number of halogens is 2. The highest BCUT2D eigenvalue weighted by Crippen LogP contribution is 2.46. The summed E-state index contributed by atoms with van der Waals surface area (Å²) in [6.07, 6.45) is 5.35. The maximum atomic E-state index is 14.3. The molecule has 2 aliphatic rings. The summed E-state index contributed by atoms with van der Waals surface area (Å²) in [5.74, 6) is -0.355. The second kappa shape index (κ2) is 7.53. The lowest BCUT2D eigenvalue weighted by Gasteiger charge is -2.41. The molecule has 5 nitrogen and oxygen atoms in total. The van der Waals surface area contributed by atoms with Gasteiger partial charge < -0.3 is 9.72 Å². The number of aromatic nitrogens is 2. The molecule has 0 aliphatic carbocycles. The molecule has 2 atom stereocenters. The number of rotatable bonds is 4. The monoisotopic (exact) mass is 441 g/mol. The lowest BCUT2D eigenvalue weighted by atomic mass is 9.99. The zero-order valence-electron chi connectivity index (χ0n) is 17.6. The van der Waals surface area contributed by atoms with Crippen LogP contribution in [-0.4, -0.2) is 39.0 Å². The molecular formula is C23H23F2N4OS. The first-order chi connectivity index (χ1) is 14.9. The highest BCUT2D eigenvalue weighted by atomic mass is 32.2. The van der Waals surface area contributed by atoms with Crippen LogP contribution < -0.4 is 4.74 Å². The van der Waals surface area contributed by atoms with Crippen LogP contribution in [0.5, 0.6) is 5.75 Å². The number of H-pyrrole nitrogens is 1. The van der Waals surface area contributed by atoms with E-state index in [1.807, 2.05) is 24.3 Å². The molecule has 0 spiro atoms. The van der Waals surface area contributed by atoms with Crippen LogP contribution in [0, 0.1) is 17.8 Å². The van der Waals surface area contributed by atoms with Gasteiger partial charge in [0.05, 0.1) is 29.7 Å². The zero-order valence-corrected chi connectivity index (χ0v) is 18.4. The number of hydrogen-bond donors (Lipinski definition) is 1. The van der Waals surface area contributed by atoms with Crippen molar-refractivity contribution in [3.8, 4) is 5.75 Å². The van der Waals surface area contributed by atoms with Crippen molar-refractivity contribution in [2.75, 3.05) is 13.7 Å². The first-order valence-electron chi connectivity index (χ1n) is 10.3. The number of hydrogen-bond acceptors (Lipinski definition) is 5. The van der Waals surface area contributed by atoms with Gasteiger partial charge in [0.25, 0.3) is 0 Å². The Balaban J connectivity index is 1.51. The fourth-order valence-corrected chi connectivity index (χ4v) is 5.42. The fourth-order valence-electron chi connectivity index (χ4n) is 4.40. The van der Waals surface area contributed by atoms with Crippen LogP contribution in [0.3, 0.4) is 0 Å². The highest BCUT2D eigenvalue weighted by molar-refractivity contribution is 8.09. The van der Waals surface area contributed by atoms with E-state index in [0.717, 1.165) is 41.7 Å². The third-order valence-electron chi connectivity index (χ3n) is 6.10. The Kier molecular flexibility index (Phi) is 4.94. The molecular weight excluding hydrogens is 418 g/mol. The number of imidazole rings is 1. The SMILES string of the molecule is COc1cccc(C2=[C]N(N3CCC[C@@]3(C)c3nc4c(F)c(F)ccc4[nH]3)C(C)S2)c1. The molecule has 0 saturated carbocycles. The van der Waals surface area contributed by atoms with Crippen LogP contribution in [0.25, 0.3) is 15.9 Å². The summed E-state index contributed by atoms with van der Waals surface area (Å²) in [5.41, 5.74) is 1.12. The van der Waals surface area contributed by atoms with Crippen molar-refractivity contribution in [1.82, 2.24) is 20.0 Å². The van der Waals surface area contributed by atoms with Gasteiger partial charge in [0.15, 0.2) is 11.6 Å². The minimum Gasteiger partial charge on any atom is -0.497 e. The summed E-state index contributed by atoms with van der Waals surface area (Å²) in [4.78, 5) is 8.75. The summed E-state index contributed by atoms with van der Waals surface area (Å²) >= 11 is 1.73. The lowest BCUT2D eigenvalue weighted by Crippen LogP contribution is -2.50. The molecule has 1 radical (unpaired) electrons. The number of thioether (sulfide) groups is 1. The zero-order chi connectivity index (χ0) is 21.8. The van der Waals surface area contributed by atoms with Gasteiger partial charge in [0.1, 0.15) is 17.1 Å². The normalized spacial score (nSPS) is 24.2. The van der Waals surface area contributed by atoms with Crippen LogP contribution in [0.2, 0.25) is 0 Å². The molecule has 1 unspecified atom stereocenters. The van der Waals surface area contributed by atoms with E-state index in [1.54, 1.807) is 18.9 Å². The van der Waals surface area contributed by atoms with Crippen LogP contribution >= 0.6 is 11.8 Å². The smallest absolute Gasteiger partial charge is 0.186 e. The number of nitrogens with zero attached hydrogens (tertiary/aromatic N) is 3. The van der Waals surface area contributed by atoms with Gasteiger partial charge in [0.2, 0.25) is 0 Å². The summed E-state index contributed by atoms with van der Waals surface area (Å²) in [6.45, 7) is 5.06. The van der Waals surface area contributed by atoms with Gasteiger partial charge in [-0.1, -0.05) is 23.9 Å². The second-order valence-corrected chi connectivity index (χ2v) is 9.40. The third-order valence-corrected chi connectivity index (χ3v) is 7.20. The maximum absolute atomic E-state index is 14.3. The van der Waals surface area contributed by atoms with E-state index in [0.29, 0.717) is 11.3 Å². The number of hydrazine groups is 1. The van der Waals surface area contributed by atoms with Crippen molar-refractivity contribution < 1.29 is 13.5 Å². The fraction of sp³-hybridized carbons (Fsp3) is 0.348. The Bertz CT molecular complexity index is 1180. The summed E-state index contributed by atoms with van der Waals surface area (Å²) in [5, 5.41) is 4.50. The number of aromatic amines is 1. The second-order valence-electron chi connectivity index (χ2n) is 8.08. The van der Waals surface area contributed by atoms with Crippen LogP contribution in [0.1, 0.15) is 38.1 Å². The largest absolute Gasteiger partial charge is 0.497 e. The highest BCUT2D eigenvalue weighted by Gasteiger charge is 2.46. The maximum Gasteiger partial charge on any atom is 0.186 e. The van der Waals surface area contributed by atoms with Crippen molar-refractivity contribution in [1.29, 1.82) is 0 Å². The van der Waals surface area contributed by atoms with E-state index in [-0.39, 0.29) is 10.9 Å². The standard InChI is InChI=1S/C23H23F2N4OS/c1-14-28(13-19(31-14)15-6-4-7-16(12-15)30-3)29-11-5-10-23(29,2)22-26-18-9-8-17(24)20(25)21(18)27-22/h4,6-9,12,14H,5,10-11H2,1-3H3,(H,26,27)/t14?,23-/m0/s1. The molecule has 0 amide bonds. The number of benzene rings is 2. The molecule has 1 N–H and O–H groups in total. The molecule has 2 aliphatic heterocycles. The molecule has 5 rings (SSSR count). The first kappa shape index (κ1) is 20.3. The predicted molar refractivity (Wildman–Crippen MR) is 118 cm³/mol. The van der Waals surface area contributed by atoms with E-state index in [9.17, 15) is 8.78 Å². The van der Waals surface area contributed by atoms with Crippen LogP contribution in [-0.2, 0) is 5.54 Å². The van der Waals surface area contributed by atoms with Crippen LogP contribution in [0.15, 0.2) is 36.4 Å². The van der Waals surface area contributed by atoms with Crippen molar-refractivity contribution in [3.05, 3.63) is 65.6 Å². The summed E-state index contributed by atoms with van der Waals surface area (Å²) in [7, 11) is 1.66. The van der Waals surface area contributed by atoms with E-state index >= 15 is 0 Å². The molecule has 8 heteroatoms. The minimum atomic E-state index is -0.912. The van der Waals surface area contributed by atoms with E-state index < -0.39 is 17.2 Å². The Morgan fingerprint density at radius 3 is 2.94 bits per heavy atom. The molecule has 161 valence electrons.